The Morgan fingerprint density at radius 2 is 1.54 bits per heavy atom. The molecule has 0 aromatic heterocycles. The lowest BCUT2D eigenvalue weighted by molar-refractivity contribution is -0.192. The minimum absolute atomic E-state index is 0.0636. The number of hydrogen-bond acceptors (Lipinski definition) is 6. The lowest BCUT2D eigenvalue weighted by atomic mass is 10.1. The molecule has 0 unspecified atom stereocenters. The van der Waals surface area contributed by atoms with E-state index in [0.29, 0.717) is 16.3 Å². The first kappa shape index (κ1) is 28.5. The number of carbonyl (C=O) groups excluding carboxylic acids is 1. The molecule has 2 saturated heterocycles. The van der Waals surface area contributed by atoms with Crippen LogP contribution in [0.15, 0.2) is 47.4 Å². The second-order valence-corrected chi connectivity index (χ2v) is 10.4. The molecule has 0 saturated carbocycles. The molecule has 0 aliphatic carbocycles. The van der Waals surface area contributed by atoms with Crippen LogP contribution in [0, 0.1) is 0 Å². The molecule has 14 heteroatoms. The third-order valence-electron chi connectivity index (χ3n) is 5.71. The zero-order valence-electron chi connectivity index (χ0n) is 19.6. The summed E-state index contributed by atoms with van der Waals surface area (Å²) in [7, 11) is -3.83. The van der Waals surface area contributed by atoms with Crippen LogP contribution >= 0.6 is 11.6 Å². The molecule has 1 amide bonds. The van der Waals surface area contributed by atoms with Gasteiger partial charge in [-0.15, -0.1) is 0 Å². The average Bonchev–Trinajstić information content (AvgIpc) is 3.39. The Kier molecular flexibility index (Phi) is 9.26. The summed E-state index contributed by atoms with van der Waals surface area (Å²) >= 11 is 5.90. The van der Waals surface area contributed by atoms with Crippen LogP contribution in [0.25, 0.3) is 0 Å². The van der Waals surface area contributed by atoms with Crippen molar-refractivity contribution in [1.29, 1.82) is 0 Å². The highest BCUT2D eigenvalue weighted by atomic mass is 35.5. The number of nitrogens with zero attached hydrogens (tertiary/aromatic N) is 2. The quantitative estimate of drug-likeness (QED) is 0.511. The molecule has 0 radical (unpaired) electrons. The summed E-state index contributed by atoms with van der Waals surface area (Å²) in [4.78, 5) is 25.8. The van der Waals surface area contributed by atoms with Gasteiger partial charge in [-0.05, 0) is 55.3 Å². The van der Waals surface area contributed by atoms with E-state index < -0.39 is 22.2 Å². The van der Waals surface area contributed by atoms with Crippen molar-refractivity contribution in [2.45, 2.75) is 23.9 Å². The first-order valence-electron chi connectivity index (χ1n) is 11.4. The highest BCUT2D eigenvalue weighted by Gasteiger charge is 2.38. The minimum Gasteiger partial charge on any atom is -0.475 e. The van der Waals surface area contributed by atoms with Gasteiger partial charge < -0.3 is 20.2 Å². The van der Waals surface area contributed by atoms with Crippen LogP contribution in [-0.4, -0.2) is 75.7 Å². The molecule has 2 aliphatic rings. The first-order valence-corrected chi connectivity index (χ1v) is 13.2. The van der Waals surface area contributed by atoms with Crippen molar-refractivity contribution in [3.63, 3.8) is 0 Å². The van der Waals surface area contributed by atoms with Crippen molar-refractivity contribution >= 4 is 44.9 Å². The number of aliphatic carboxylic acids is 1. The number of sulfonamides is 1. The standard InChI is InChI=1S/C21H25ClN4O3S.C2HF3O2/c22-17-4-6-18(7-5-17)30(28,29)24-19-15-16(21(27)26-11-1-2-12-26)3-8-20(19)25-13-9-23-10-14-25;3-2(4,5)1(6)7/h3-8,15,23-24H,1-2,9-14H2;(H,6,7). The lowest BCUT2D eigenvalue weighted by Crippen LogP contribution is -2.43. The van der Waals surface area contributed by atoms with Gasteiger partial charge in [0.05, 0.1) is 16.3 Å². The van der Waals surface area contributed by atoms with Crippen molar-refractivity contribution in [2.75, 3.05) is 48.9 Å². The van der Waals surface area contributed by atoms with Crippen molar-refractivity contribution in [1.82, 2.24) is 10.2 Å². The van der Waals surface area contributed by atoms with Crippen LogP contribution in [0.2, 0.25) is 5.02 Å². The van der Waals surface area contributed by atoms with E-state index in [2.05, 4.69) is 14.9 Å². The second-order valence-electron chi connectivity index (χ2n) is 8.33. The van der Waals surface area contributed by atoms with Crippen LogP contribution in [0.3, 0.4) is 0 Å². The highest BCUT2D eigenvalue weighted by Crippen LogP contribution is 2.31. The molecule has 2 heterocycles. The number of rotatable bonds is 5. The van der Waals surface area contributed by atoms with Crippen LogP contribution in [0.5, 0.6) is 0 Å². The van der Waals surface area contributed by atoms with Gasteiger partial charge in [0.1, 0.15) is 0 Å². The molecule has 37 heavy (non-hydrogen) atoms. The molecule has 202 valence electrons. The molecule has 3 N–H and O–H groups in total. The fourth-order valence-corrected chi connectivity index (χ4v) is 5.04. The molecule has 2 fully saturated rings. The number of anilines is 2. The molecule has 0 spiro atoms. The maximum absolute atomic E-state index is 13.0. The van der Waals surface area contributed by atoms with Crippen molar-refractivity contribution in [3.8, 4) is 0 Å². The zero-order valence-corrected chi connectivity index (χ0v) is 21.2. The number of benzene rings is 2. The van der Waals surface area contributed by atoms with Gasteiger partial charge in [-0.25, -0.2) is 13.2 Å². The molecule has 4 rings (SSSR count). The average molecular weight is 563 g/mol. The van der Waals surface area contributed by atoms with Crippen LogP contribution < -0.4 is 14.9 Å². The van der Waals surface area contributed by atoms with E-state index in [1.54, 1.807) is 24.3 Å². The van der Waals surface area contributed by atoms with Gasteiger partial charge >= 0.3 is 12.1 Å². The number of nitrogens with one attached hydrogen (secondary N) is 2. The topological polar surface area (TPSA) is 119 Å². The summed E-state index contributed by atoms with van der Waals surface area (Å²) in [6.45, 7) is 4.63. The fraction of sp³-hybridized carbons (Fsp3) is 0.391. The van der Waals surface area contributed by atoms with Gasteiger partial charge in [0.15, 0.2) is 0 Å². The number of alkyl halides is 3. The Balaban J connectivity index is 0.000000479. The lowest BCUT2D eigenvalue weighted by Gasteiger charge is -2.31. The van der Waals surface area contributed by atoms with E-state index in [4.69, 9.17) is 21.5 Å². The van der Waals surface area contributed by atoms with Crippen LogP contribution in [-0.2, 0) is 14.8 Å². The number of likely N-dealkylation sites (tertiary alicyclic amines) is 1. The van der Waals surface area contributed by atoms with Gasteiger partial charge in [-0.3, -0.25) is 9.52 Å². The van der Waals surface area contributed by atoms with Crippen molar-refractivity contribution in [2.24, 2.45) is 0 Å². The summed E-state index contributed by atoms with van der Waals surface area (Å²) in [6.07, 6.45) is -3.08. The molecule has 0 atom stereocenters. The molecule has 2 aromatic carbocycles. The second kappa shape index (κ2) is 12.0. The normalized spacial score (nSPS) is 16.1. The molecule has 2 aliphatic heterocycles. The summed E-state index contributed by atoms with van der Waals surface area (Å²) in [5.41, 5.74) is 1.67. The SMILES string of the molecule is O=C(O)C(F)(F)F.O=C(c1ccc(N2CCNCC2)c(NS(=O)(=O)c2ccc(Cl)cc2)c1)N1CCCC1. The smallest absolute Gasteiger partial charge is 0.475 e. The van der Waals surface area contributed by atoms with E-state index in [1.165, 1.54) is 12.1 Å². The Morgan fingerprint density at radius 1 is 0.973 bits per heavy atom. The van der Waals surface area contributed by atoms with Crippen LogP contribution in [0.1, 0.15) is 23.2 Å². The first-order chi connectivity index (χ1) is 17.4. The highest BCUT2D eigenvalue weighted by molar-refractivity contribution is 7.92. The Morgan fingerprint density at radius 3 is 2.08 bits per heavy atom. The number of carbonyl (C=O) groups is 2. The Hall–Kier alpha value is -3.03. The largest absolute Gasteiger partial charge is 0.490 e. The van der Waals surface area contributed by atoms with Gasteiger partial charge in [0.2, 0.25) is 0 Å². The summed E-state index contributed by atoms with van der Waals surface area (Å²) in [6, 6.07) is 11.3. The third kappa shape index (κ3) is 7.73. The molecular formula is C23H26ClF3N4O5S. The molecular weight excluding hydrogens is 537 g/mol. The van der Waals surface area contributed by atoms with E-state index in [0.717, 1.165) is 57.8 Å². The fourth-order valence-electron chi connectivity index (χ4n) is 3.85. The van der Waals surface area contributed by atoms with Gasteiger partial charge in [-0.1, -0.05) is 11.6 Å². The van der Waals surface area contributed by atoms with Crippen molar-refractivity contribution < 1.29 is 36.3 Å². The summed E-state index contributed by atoms with van der Waals surface area (Å²) < 4.78 is 60.4. The van der Waals surface area contributed by atoms with Crippen molar-refractivity contribution in [3.05, 3.63) is 53.1 Å². The third-order valence-corrected chi connectivity index (χ3v) is 7.34. The van der Waals surface area contributed by atoms with Gasteiger partial charge in [0.25, 0.3) is 15.9 Å². The minimum atomic E-state index is -5.08. The number of carboxylic acids is 1. The van der Waals surface area contributed by atoms with E-state index in [-0.39, 0.29) is 10.8 Å². The number of halogens is 4. The summed E-state index contributed by atoms with van der Waals surface area (Å²) in [5.74, 6) is -2.82. The maximum atomic E-state index is 13.0. The zero-order chi connectivity index (χ0) is 27.2. The molecule has 0 bridgehead atoms. The van der Waals surface area contributed by atoms with Gasteiger partial charge in [0, 0.05) is 49.9 Å². The van der Waals surface area contributed by atoms with Gasteiger partial charge in [-0.2, -0.15) is 13.2 Å². The monoisotopic (exact) mass is 562 g/mol. The summed E-state index contributed by atoms with van der Waals surface area (Å²) in [5, 5.41) is 10.9. The number of amides is 1. The Bertz CT molecular complexity index is 1210. The number of hydrogen-bond donors (Lipinski definition) is 3. The predicted molar refractivity (Wildman–Crippen MR) is 133 cm³/mol. The Labute approximate surface area is 217 Å². The molecule has 2 aromatic rings. The van der Waals surface area contributed by atoms with E-state index >= 15 is 0 Å². The van der Waals surface area contributed by atoms with E-state index in [1.807, 2.05) is 11.0 Å². The van der Waals surface area contributed by atoms with E-state index in [9.17, 15) is 26.4 Å². The molecule has 9 nitrogen and oxygen atoms in total. The number of carboxylic acid groups (broad SMARTS) is 1. The maximum Gasteiger partial charge on any atom is 0.490 e. The number of piperazine rings is 1. The predicted octanol–water partition coefficient (Wildman–Crippen LogP) is 3.42. The van der Waals surface area contributed by atoms with Crippen LogP contribution in [0.4, 0.5) is 24.5 Å².